The Balaban J connectivity index is 1.48. The zero-order valence-electron chi connectivity index (χ0n) is 13.3. The predicted octanol–water partition coefficient (Wildman–Crippen LogP) is 4.48. The van der Waals surface area contributed by atoms with Crippen LogP contribution >= 0.6 is 23.5 Å². The van der Waals surface area contributed by atoms with Gasteiger partial charge in [-0.1, -0.05) is 54.2 Å². The molecule has 1 fully saturated rings. The van der Waals surface area contributed by atoms with Gasteiger partial charge < -0.3 is 4.74 Å². The summed E-state index contributed by atoms with van der Waals surface area (Å²) in [5, 5.41) is 0.186. The van der Waals surface area contributed by atoms with Crippen molar-refractivity contribution in [2.45, 2.75) is 23.6 Å². The molecule has 1 aliphatic carbocycles. The van der Waals surface area contributed by atoms with Crippen molar-refractivity contribution in [2.24, 2.45) is 4.99 Å². The predicted molar refractivity (Wildman–Crippen MR) is 101 cm³/mol. The van der Waals surface area contributed by atoms with Crippen molar-refractivity contribution in [1.82, 2.24) is 0 Å². The second-order valence-electron chi connectivity index (χ2n) is 6.00. The molecule has 0 bridgehead atoms. The maximum atomic E-state index is 12.5. The number of benzene rings is 2. The van der Waals surface area contributed by atoms with Gasteiger partial charge in [0.05, 0.1) is 7.11 Å². The number of hydrogen-bond donors (Lipinski definition) is 0. The van der Waals surface area contributed by atoms with Crippen LogP contribution in [0.1, 0.15) is 23.5 Å². The van der Waals surface area contributed by atoms with Crippen molar-refractivity contribution in [3.8, 4) is 5.75 Å². The summed E-state index contributed by atoms with van der Waals surface area (Å²) in [5.74, 6) is 1.86. The number of aliphatic imine (C=N–C) groups is 1. The van der Waals surface area contributed by atoms with Gasteiger partial charge >= 0.3 is 0 Å². The summed E-state index contributed by atoms with van der Waals surface area (Å²) in [4.78, 5) is 17.3. The Morgan fingerprint density at radius 3 is 2.88 bits per heavy atom. The maximum Gasteiger partial charge on any atom is 0.223 e. The van der Waals surface area contributed by atoms with E-state index in [1.807, 2.05) is 36.4 Å². The van der Waals surface area contributed by atoms with Crippen molar-refractivity contribution >= 4 is 33.0 Å². The van der Waals surface area contributed by atoms with E-state index in [1.165, 1.54) is 17.3 Å². The third-order valence-electron chi connectivity index (χ3n) is 4.46. The third-order valence-corrected chi connectivity index (χ3v) is 6.68. The van der Waals surface area contributed by atoms with E-state index in [-0.39, 0.29) is 11.0 Å². The summed E-state index contributed by atoms with van der Waals surface area (Å²) >= 11 is 2.96. The number of ether oxygens (including phenoxy) is 1. The Morgan fingerprint density at radius 1 is 1.25 bits per heavy atom. The molecule has 0 N–H and O–H groups in total. The number of methoxy groups -OCH3 is 1. The Morgan fingerprint density at radius 2 is 2.08 bits per heavy atom. The van der Waals surface area contributed by atoms with E-state index in [2.05, 4.69) is 18.2 Å². The molecule has 0 saturated heterocycles. The largest absolute Gasteiger partial charge is 0.497 e. The average molecular weight is 355 g/mol. The van der Waals surface area contributed by atoms with Gasteiger partial charge in [0.25, 0.3) is 0 Å². The Labute approximate surface area is 149 Å². The lowest BCUT2D eigenvalue weighted by molar-refractivity contribution is -0.112. The maximum absolute atomic E-state index is 12.5. The molecule has 1 saturated carbocycles. The highest BCUT2D eigenvalue weighted by Gasteiger charge is 2.64. The SMILES string of the molecule is COc1cccc([C@H]2CC23N=C(SCc2ccccc2)SC3=O)c1. The fraction of sp³-hybridized carbons (Fsp3) is 0.263. The first kappa shape index (κ1) is 15.8. The molecule has 1 spiro atoms. The van der Waals surface area contributed by atoms with Crippen LogP contribution in [0.25, 0.3) is 0 Å². The quantitative estimate of drug-likeness (QED) is 0.810. The topological polar surface area (TPSA) is 38.7 Å². The highest BCUT2D eigenvalue weighted by Crippen LogP contribution is 2.60. The Hall–Kier alpha value is -1.72. The first-order valence-corrected chi connectivity index (χ1v) is 9.64. The fourth-order valence-corrected chi connectivity index (χ4v) is 5.20. The number of hydrogen-bond acceptors (Lipinski definition) is 5. The van der Waals surface area contributed by atoms with Gasteiger partial charge in [-0.2, -0.15) is 0 Å². The zero-order valence-corrected chi connectivity index (χ0v) is 14.9. The van der Waals surface area contributed by atoms with E-state index in [9.17, 15) is 4.79 Å². The molecule has 2 aromatic rings. The van der Waals surface area contributed by atoms with Gasteiger partial charge in [0.2, 0.25) is 5.12 Å². The molecular weight excluding hydrogens is 338 g/mol. The molecule has 2 atom stereocenters. The molecule has 24 heavy (non-hydrogen) atoms. The molecule has 2 aromatic carbocycles. The van der Waals surface area contributed by atoms with Crippen LogP contribution in [0.15, 0.2) is 59.6 Å². The summed E-state index contributed by atoms with van der Waals surface area (Å²) in [5.41, 5.74) is 1.86. The first-order valence-electron chi connectivity index (χ1n) is 7.84. The molecule has 1 unspecified atom stereocenters. The molecule has 1 aliphatic heterocycles. The summed E-state index contributed by atoms with van der Waals surface area (Å²) < 4.78 is 6.19. The lowest BCUT2D eigenvalue weighted by atomic mass is 10.1. The molecule has 0 radical (unpaired) electrons. The van der Waals surface area contributed by atoms with E-state index < -0.39 is 5.54 Å². The van der Waals surface area contributed by atoms with Crippen LogP contribution in [0.4, 0.5) is 0 Å². The molecule has 1 heterocycles. The van der Waals surface area contributed by atoms with Crippen molar-refractivity contribution in [3.63, 3.8) is 0 Å². The molecule has 122 valence electrons. The summed E-state index contributed by atoms with van der Waals surface area (Å²) in [7, 11) is 1.66. The van der Waals surface area contributed by atoms with Crippen LogP contribution in [0, 0.1) is 0 Å². The number of rotatable bonds is 4. The van der Waals surface area contributed by atoms with E-state index in [0.717, 1.165) is 27.9 Å². The highest BCUT2D eigenvalue weighted by molar-refractivity contribution is 8.45. The monoisotopic (exact) mass is 355 g/mol. The van der Waals surface area contributed by atoms with Crippen molar-refractivity contribution < 1.29 is 9.53 Å². The average Bonchev–Trinajstić information content (AvgIpc) is 3.27. The molecule has 5 heteroatoms. The number of carbonyl (C=O) groups excluding carboxylic acids is 1. The third kappa shape index (κ3) is 2.87. The zero-order chi connectivity index (χ0) is 16.6. The molecule has 3 nitrogen and oxygen atoms in total. The normalized spacial score (nSPS) is 25.0. The van der Waals surface area contributed by atoms with E-state index in [4.69, 9.17) is 9.73 Å². The van der Waals surface area contributed by atoms with Crippen molar-refractivity contribution in [3.05, 3.63) is 65.7 Å². The van der Waals surface area contributed by atoms with Crippen LogP contribution < -0.4 is 4.74 Å². The van der Waals surface area contributed by atoms with Crippen LogP contribution in [0.5, 0.6) is 5.75 Å². The van der Waals surface area contributed by atoms with Gasteiger partial charge in [-0.15, -0.1) is 0 Å². The van der Waals surface area contributed by atoms with Crippen molar-refractivity contribution in [1.29, 1.82) is 0 Å². The molecule has 0 aromatic heterocycles. The first-order chi connectivity index (χ1) is 11.7. The smallest absolute Gasteiger partial charge is 0.223 e. The molecule has 2 aliphatic rings. The van der Waals surface area contributed by atoms with E-state index in [1.54, 1.807) is 18.9 Å². The summed E-state index contributed by atoms with van der Waals surface area (Å²) in [6.07, 6.45) is 0.807. The van der Waals surface area contributed by atoms with Crippen molar-refractivity contribution in [2.75, 3.05) is 7.11 Å². The van der Waals surface area contributed by atoms with Crippen LogP contribution in [-0.4, -0.2) is 22.1 Å². The van der Waals surface area contributed by atoms with Gasteiger partial charge in [-0.3, -0.25) is 9.79 Å². The number of carbonyl (C=O) groups is 1. The van der Waals surface area contributed by atoms with E-state index >= 15 is 0 Å². The minimum absolute atomic E-state index is 0.183. The van der Waals surface area contributed by atoms with Gasteiger partial charge in [0, 0.05) is 11.7 Å². The number of nitrogens with zero attached hydrogens (tertiary/aromatic N) is 1. The van der Waals surface area contributed by atoms with Crippen LogP contribution in [-0.2, 0) is 10.5 Å². The second-order valence-corrected chi connectivity index (χ2v) is 8.18. The second kappa shape index (κ2) is 6.30. The molecule has 4 rings (SSSR count). The summed E-state index contributed by atoms with van der Waals surface area (Å²) in [6, 6.07) is 18.2. The lowest BCUT2D eigenvalue weighted by Crippen LogP contribution is -2.14. The highest BCUT2D eigenvalue weighted by atomic mass is 32.2. The minimum Gasteiger partial charge on any atom is -0.497 e. The van der Waals surface area contributed by atoms with Crippen LogP contribution in [0.2, 0.25) is 0 Å². The Kier molecular flexibility index (Phi) is 4.14. The molecular formula is C19H17NO2S2. The summed E-state index contributed by atoms with van der Waals surface area (Å²) in [6.45, 7) is 0. The van der Waals surface area contributed by atoms with Gasteiger partial charge in [-0.05, 0) is 41.4 Å². The van der Waals surface area contributed by atoms with Gasteiger partial charge in [-0.25, -0.2) is 0 Å². The van der Waals surface area contributed by atoms with Gasteiger partial charge in [0.1, 0.15) is 15.7 Å². The molecule has 0 amide bonds. The van der Waals surface area contributed by atoms with Crippen LogP contribution in [0.3, 0.4) is 0 Å². The standard InChI is InChI=1S/C19H17NO2S2/c1-22-15-9-5-8-14(10-15)16-11-19(16)17(21)24-18(20-19)23-12-13-6-3-2-4-7-13/h2-10,16H,11-12H2,1H3/t16-,19?/m1/s1. The lowest BCUT2D eigenvalue weighted by Gasteiger charge is -2.06. The van der Waals surface area contributed by atoms with Gasteiger partial charge in [0.15, 0.2) is 0 Å². The number of thioether (sulfide) groups is 2. The Bertz CT molecular complexity index is 806. The minimum atomic E-state index is -0.532. The van der Waals surface area contributed by atoms with E-state index in [0.29, 0.717) is 0 Å². The fourth-order valence-electron chi connectivity index (χ4n) is 3.03.